The largest absolute Gasteiger partial charge is 0.384 e. The molecule has 0 spiro atoms. The molecule has 2 N–H and O–H groups in total. The third-order valence-corrected chi connectivity index (χ3v) is 2.81. The molecule has 0 aliphatic rings. The number of carbonyl (C=O) groups is 1. The van der Waals surface area contributed by atoms with Gasteiger partial charge in [-0.05, 0) is 30.7 Å². The van der Waals surface area contributed by atoms with Crippen molar-refractivity contribution in [1.82, 2.24) is 4.98 Å². The van der Waals surface area contributed by atoms with E-state index in [1.54, 1.807) is 24.1 Å². The normalized spacial score (nSPS) is 10.1. The minimum absolute atomic E-state index is 0.100. The van der Waals surface area contributed by atoms with Crippen LogP contribution in [-0.2, 0) is 0 Å². The lowest BCUT2D eigenvalue weighted by molar-refractivity contribution is 0.0992. The van der Waals surface area contributed by atoms with Crippen LogP contribution in [0.5, 0.6) is 0 Å². The molecule has 1 amide bonds. The predicted octanol–water partition coefficient (Wildman–Crippen LogP) is 2.25. The van der Waals surface area contributed by atoms with Crippen molar-refractivity contribution in [2.45, 2.75) is 6.92 Å². The third kappa shape index (κ3) is 2.32. The second-order valence-corrected chi connectivity index (χ2v) is 4.12. The minimum Gasteiger partial charge on any atom is -0.384 e. The smallest absolute Gasteiger partial charge is 0.259 e. The molecule has 18 heavy (non-hydrogen) atoms. The first kappa shape index (κ1) is 12.1. The summed E-state index contributed by atoms with van der Waals surface area (Å²) in [5, 5.41) is 0. The Bertz CT molecular complexity index is 564. The number of nitrogens with two attached hydrogens (primary N) is 1. The molecule has 1 aromatic heterocycles. The summed E-state index contributed by atoms with van der Waals surface area (Å²) in [4.78, 5) is 17.8. The van der Waals surface area contributed by atoms with Gasteiger partial charge in [0.1, 0.15) is 5.82 Å². The summed E-state index contributed by atoms with van der Waals surface area (Å²) in [6.45, 7) is 1.97. The highest BCUT2D eigenvalue weighted by atomic mass is 16.2. The molecule has 0 aliphatic carbocycles. The van der Waals surface area contributed by atoms with Gasteiger partial charge in [0, 0.05) is 18.9 Å². The Labute approximate surface area is 106 Å². The highest BCUT2D eigenvalue weighted by Gasteiger charge is 2.14. The molecule has 92 valence electrons. The van der Waals surface area contributed by atoms with E-state index in [0.717, 1.165) is 11.3 Å². The summed E-state index contributed by atoms with van der Waals surface area (Å²) >= 11 is 0. The zero-order valence-corrected chi connectivity index (χ0v) is 10.4. The number of anilines is 2. The number of hydrogen-bond acceptors (Lipinski definition) is 3. The van der Waals surface area contributed by atoms with Crippen LogP contribution in [0, 0.1) is 6.92 Å². The number of aryl methyl sites for hydroxylation is 1. The monoisotopic (exact) mass is 241 g/mol. The van der Waals surface area contributed by atoms with Crippen molar-refractivity contribution in [3.63, 3.8) is 0 Å². The van der Waals surface area contributed by atoms with Crippen LogP contribution in [0.25, 0.3) is 0 Å². The van der Waals surface area contributed by atoms with Crippen LogP contribution in [0.1, 0.15) is 15.9 Å². The highest BCUT2D eigenvalue weighted by Crippen LogP contribution is 2.19. The van der Waals surface area contributed by atoms with E-state index < -0.39 is 0 Å². The number of nitrogens with zero attached hydrogens (tertiary/aromatic N) is 2. The average Bonchev–Trinajstić information content (AvgIpc) is 2.38. The third-order valence-electron chi connectivity index (χ3n) is 2.81. The lowest BCUT2D eigenvalue weighted by atomic mass is 10.1. The van der Waals surface area contributed by atoms with E-state index in [1.165, 1.54) is 6.20 Å². The molecule has 0 fully saturated rings. The van der Waals surface area contributed by atoms with E-state index in [0.29, 0.717) is 11.4 Å². The Hall–Kier alpha value is -2.36. The highest BCUT2D eigenvalue weighted by molar-refractivity contribution is 6.05. The summed E-state index contributed by atoms with van der Waals surface area (Å²) in [5.74, 6) is 0.307. The second-order valence-electron chi connectivity index (χ2n) is 4.12. The number of carbonyl (C=O) groups excluding carboxylic acids is 1. The van der Waals surface area contributed by atoms with Crippen molar-refractivity contribution in [2.24, 2.45) is 0 Å². The zero-order valence-electron chi connectivity index (χ0n) is 10.4. The lowest BCUT2D eigenvalue weighted by Gasteiger charge is -2.19. The van der Waals surface area contributed by atoms with Crippen LogP contribution in [0.4, 0.5) is 11.5 Å². The summed E-state index contributed by atoms with van der Waals surface area (Å²) in [5.41, 5.74) is 7.97. The maximum atomic E-state index is 12.3. The van der Waals surface area contributed by atoms with Crippen molar-refractivity contribution < 1.29 is 4.79 Å². The molecule has 0 unspecified atom stereocenters. The Morgan fingerprint density at radius 1 is 1.22 bits per heavy atom. The molecule has 0 saturated carbocycles. The Balaban J connectivity index is 2.29. The van der Waals surface area contributed by atoms with Crippen molar-refractivity contribution >= 4 is 17.4 Å². The summed E-state index contributed by atoms with van der Waals surface area (Å²) in [6.07, 6.45) is 1.49. The maximum absolute atomic E-state index is 12.3. The van der Waals surface area contributed by atoms with Gasteiger partial charge < -0.3 is 10.6 Å². The Morgan fingerprint density at radius 2 is 1.94 bits per heavy atom. The molecule has 2 rings (SSSR count). The molecule has 0 bridgehead atoms. The van der Waals surface area contributed by atoms with E-state index >= 15 is 0 Å². The van der Waals surface area contributed by atoms with Crippen LogP contribution in [0.2, 0.25) is 0 Å². The fourth-order valence-corrected chi connectivity index (χ4v) is 1.77. The van der Waals surface area contributed by atoms with Gasteiger partial charge in [0.25, 0.3) is 5.91 Å². The molecule has 1 aromatic carbocycles. The lowest BCUT2D eigenvalue weighted by Crippen LogP contribution is -2.27. The van der Waals surface area contributed by atoms with Gasteiger partial charge in [-0.1, -0.05) is 18.2 Å². The number of amides is 1. The van der Waals surface area contributed by atoms with Gasteiger partial charge >= 0.3 is 0 Å². The zero-order chi connectivity index (χ0) is 13.1. The number of nitrogen functional groups attached to an aromatic ring is 1. The predicted molar refractivity (Wildman–Crippen MR) is 72.6 cm³/mol. The van der Waals surface area contributed by atoms with E-state index in [9.17, 15) is 4.79 Å². The number of benzene rings is 1. The van der Waals surface area contributed by atoms with Crippen molar-refractivity contribution in [3.8, 4) is 0 Å². The molecular formula is C14H15N3O. The molecule has 0 aliphatic heterocycles. The quantitative estimate of drug-likeness (QED) is 0.877. The van der Waals surface area contributed by atoms with Crippen LogP contribution < -0.4 is 10.6 Å². The second kappa shape index (κ2) is 4.87. The number of hydrogen-bond donors (Lipinski definition) is 1. The SMILES string of the molecule is Cc1ccccc1N(C)C(=O)c1ccc(N)nc1. The number of pyridine rings is 1. The fourth-order valence-electron chi connectivity index (χ4n) is 1.77. The molecule has 0 atom stereocenters. The topological polar surface area (TPSA) is 59.2 Å². The first-order valence-electron chi connectivity index (χ1n) is 5.65. The van der Waals surface area contributed by atoms with Gasteiger partial charge in [0.2, 0.25) is 0 Å². The molecule has 0 radical (unpaired) electrons. The minimum atomic E-state index is -0.100. The van der Waals surface area contributed by atoms with Crippen LogP contribution in [0.15, 0.2) is 42.6 Å². The molecule has 4 heteroatoms. The van der Waals surface area contributed by atoms with Gasteiger partial charge in [-0.15, -0.1) is 0 Å². The van der Waals surface area contributed by atoms with E-state index in [4.69, 9.17) is 5.73 Å². The fraction of sp³-hybridized carbons (Fsp3) is 0.143. The van der Waals surface area contributed by atoms with Crippen molar-refractivity contribution in [2.75, 3.05) is 17.7 Å². The standard InChI is InChI=1S/C14H15N3O/c1-10-5-3-4-6-12(10)17(2)14(18)11-7-8-13(15)16-9-11/h3-9H,1-2H3,(H2,15,16). The summed E-state index contributed by atoms with van der Waals surface area (Å²) in [7, 11) is 1.75. The van der Waals surface area contributed by atoms with Crippen molar-refractivity contribution in [1.29, 1.82) is 0 Å². The van der Waals surface area contributed by atoms with E-state index in [-0.39, 0.29) is 5.91 Å². The first-order chi connectivity index (χ1) is 8.59. The van der Waals surface area contributed by atoms with Gasteiger partial charge in [-0.3, -0.25) is 4.79 Å². The summed E-state index contributed by atoms with van der Waals surface area (Å²) in [6, 6.07) is 11.0. The van der Waals surface area contributed by atoms with E-state index in [1.807, 2.05) is 31.2 Å². The van der Waals surface area contributed by atoms with Crippen molar-refractivity contribution in [3.05, 3.63) is 53.7 Å². The van der Waals surface area contributed by atoms with E-state index in [2.05, 4.69) is 4.98 Å². The maximum Gasteiger partial charge on any atom is 0.259 e. The van der Waals surface area contributed by atoms with Crippen LogP contribution in [-0.4, -0.2) is 17.9 Å². The van der Waals surface area contributed by atoms with Crippen LogP contribution >= 0.6 is 0 Å². The first-order valence-corrected chi connectivity index (χ1v) is 5.65. The number of aromatic nitrogens is 1. The Morgan fingerprint density at radius 3 is 2.56 bits per heavy atom. The molecule has 2 aromatic rings. The van der Waals surface area contributed by atoms with Crippen LogP contribution in [0.3, 0.4) is 0 Å². The number of para-hydroxylation sites is 1. The number of rotatable bonds is 2. The molecule has 4 nitrogen and oxygen atoms in total. The van der Waals surface area contributed by atoms with Gasteiger partial charge in [0.15, 0.2) is 0 Å². The Kier molecular flexibility index (Phi) is 3.28. The van der Waals surface area contributed by atoms with Gasteiger partial charge in [0.05, 0.1) is 5.56 Å². The molecular weight excluding hydrogens is 226 g/mol. The molecule has 1 heterocycles. The summed E-state index contributed by atoms with van der Waals surface area (Å²) < 4.78 is 0. The molecule has 0 saturated heterocycles. The van der Waals surface area contributed by atoms with Gasteiger partial charge in [-0.25, -0.2) is 4.98 Å². The average molecular weight is 241 g/mol. The van der Waals surface area contributed by atoms with Gasteiger partial charge in [-0.2, -0.15) is 0 Å².